The van der Waals surface area contributed by atoms with Crippen LogP contribution in [0.4, 0.5) is 0 Å². The molecule has 0 atom stereocenters. The van der Waals surface area contributed by atoms with Crippen molar-refractivity contribution in [2.75, 3.05) is 7.11 Å². The summed E-state index contributed by atoms with van der Waals surface area (Å²) in [5, 5.41) is 3.91. The molecule has 0 unspecified atom stereocenters. The van der Waals surface area contributed by atoms with Crippen LogP contribution in [0.2, 0.25) is 0 Å². The van der Waals surface area contributed by atoms with Crippen molar-refractivity contribution in [2.45, 2.75) is 0 Å². The molecule has 1 amide bonds. The second-order valence-electron chi connectivity index (χ2n) is 5.69. The van der Waals surface area contributed by atoms with E-state index >= 15 is 0 Å². The first-order valence-corrected chi connectivity index (χ1v) is 9.27. The summed E-state index contributed by atoms with van der Waals surface area (Å²) < 4.78 is 11.4. The molecule has 0 aliphatic heterocycles. The molecule has 29 heavy (non-hydrogen) atoms. The topological polar surface area (TPSA) is 89.9 Å². The van der Waals surface area contributed by atoms with E-state index in [4.69, 9.17) is 9.47 Å². The van der Waals surface area contributed by atoms with Crippen LogP contribution in [-0.2, 0) is 0 Å². The van der Waals surface area contributed by atoms with Crippen molar-refractivity contribution >= 4 is 34.0 Å². The van der Waals surface area contributed by atoms with E-state index in [-0.39, 0.29) is 11.4 Å². The number of ether oxygens (including phenoxy) is 2. The number of pyridine rings is 1. The number of hydrogen-bond acceptors (Lipinski definition) is 6. The fourth-order valence-corrected chi connectivity index (χ4v) is 2.80. The third-order valence-electron chi connectivity index (χ3n) is 3.76. The monoisotopic (exact) mass is 453 g/mol. The highest BCUT2D eigenvalue weighted by molar-refractivity contribution is 9.10. The minimum Gasteiger partial charge on any atom is -0.493 e. The van der Waals surface area contributed by atoms with E-state index in [1.165, 1.54) is 19.5 Å². The summed E-state index contributed by atoms with van der Waals surface area (Å²) in [5.41, 5.74) is 3.70. The molecule has 0 spiro atoms. The summed E-state index contributed by atoms with van der Waals surface area (Å²) in [6.45, 7) is 0. The fourth-order valence-electron chi connectivity index (χ4n) is 2.35. The molecule has 2 aromatic carbocycles. The lowest BCUT2D eigenvalue weighted by Gasteiger charge is -2.10. The number of carbonyl (C=O) groups is 2. The molecule has 1 aromatic heterocycles. The lowest BCUT2D eigenvalue weighted by molar-refractivity contribution is 0.0728. The number of amides is 1. The molecule has 0 aliphatic carbocycles. The molecule has 7 nitrogen and oxygen atoms in total. The highest BCUT2D eigenvalue weighted by Crippen LogP contribution is 2.29. The molecule has 0 fully saturated rings. The Hall–Kier alpha value is -3.52. The molecule has 0 saturated carbocycles. The van der Waals surface area contributed by atoms with Gasteiger partial charge in [0.15, 0.2) is 11.5 Å². The van der Waals surface area contributed by atoms with E-state index in [0.29, 0.717) is 21.3 Å². The SMILES string of the molecule is COc1cc(/C=N/NC(=O)c2ccccn2)ccc1OC(=O)c1ccccc1Br. The number of nitrogens with zero attached hydrogens (tertiary/aromatic N) is 2. The predicted molar refractivity (Wildman–Crippen MR) is 111 cm³/mol. The van der Waals surface area contributed by atoms with E-state index in [2.05, 4.69) is 31.4 Å². The lowest BCUT2D eigenvalue weighted by Crippen LogP contribution is -2.18. The van der Waals surface area contributed by atoms with Gasteiger partial charge in [0, 0.05) is 10.7 Å². The molecule has 0 radical (unpaired) electrons. The number of hydrazone groups is 1. The molecule has 3 aromatic rings. The van der Waals surface area contributed by atoms with E-state index in [1.807, 2.05) is 6.07 Å². The van der Waals surface area contributed by atoms with E-state index < -0.39 is 11.9 Å². The summed E-state index contributed by atoms with van der Waals surface area (Å²) in [6.07, 6.45) is 2.97. The van der Waals surface area contributed by atoms with Crippen LogP contribution in [0.3, 0.4) is 0 Å². The number of esters is 1. The number of halogens is 1. The van der Waals surface area contributed by atoms with Crippen molar-refractivity contribution < 1.29 is 19.1 Å². The van der Waals surface area contributed by atoms with Crippen LogP contribution in [-0.4, -0.2) is 30.2 Å². The van der Waals surface area contributed by atoms with E-state index in [1.54, 1.807) is 54.6 Å². The lowest BCUT2D eigenvalue weighted by atomic mass is 10.2. The standard InChI is InChI=1S/C21H16BrN3O4/c1-28-19-12-14(13-24-25-20(26)17-8-4-5-11-23-17)9-10-18(19)29-21(27)15-6-2-3-7-16(15)22/h2-13H,1H3,(H,25,26)/b24-13+. The van der Waals surface area contributed by atoms with Crippen LogP contribution in [0.1, 0.15) is 26.4 Å². The maximum Gasteiger partial charge on any atom is 0.344 e. The Bertz CT molecular complexity index is 1050. The molecule has 3 rings (SSSR count). The summed E-state index contributed by atoms with van der Waals surface area (Å²) in [4.78, 5) is 28.2. The Labute approximate surface area is 175 Å². The smallest absolute Gasteiger partial charge is 0.344 e. The van der Waals surface area contributed by atoms with Crippen LogP contribution in [0.25, 0.3) is 0 Å². The van der Waals surface area contributed by atoms with Crippen LogP contribution in [0.5, 0.6) is 11.5 Å². The molecular formula is C21H16BrN3O4. The van der Waals surface area contributed by atoms with Gasteiger partial charge < -0.3 is 9.47 Å². The number of benzene rings is 2. The Morgan fingerprint density at radius 1 is 1.07 bits per heavy atom. The largest absolute Gasteiger partial charge is 0.493 e. The first kappa shape index (κ1) is 20.2. The molecule has 8 heteroatoms. The van der Waals surface area contributed by atoms with Crippen LogP contribution in [0, 0.1) is 0 Å². The van der Waals surface area contributed by atoms with Crippen molar-refractivity contribution in [1.29, 1.82) is 0 Å². The van der Waals surface area contributed by atoms with Gasteiger partial charge in [-0.3, -0.25) is 9.78 Å². The van der Waals surface area contributed by atoms with Crippen LogP contribution >= 0.6 is 15.9 Å². The molecule has 1 heterocycles. The van der Waals surface area contributed by atoms with Gasteiger partial charge >= 0.3 is 5.97 Å². The maximum absolute atomic E-state index is 12.4. The van der Waals surface area contributed by atoms with Gasteiger partial charge in [-0.1, -0.05) is 18.2 Å². The van der Waals surface area contributed by atoms with Crippen LogP contribution < -0.4 is 14.9 Å². The van der Waals surface area contributed by atoms with Crippen molar-refractivity contribution in [3.63, 3.8) is 0 Å². The van der Waals surface area contributed by atoms with Gasteiger partial charge in [-0.2, -0.15) is 5.10 Å². The van der Waals surface area contributed by atoms with Gasteiger partial charge in [-0.15, -0.1) is 0 Å². The molecule has 0 aliphatic rings. The van der Waals surface area contributed by atoms with Gasteiger partial charge in [0.2, 0.25) is 0 Å². The predicted octanol–water partition coefficient (Wildman–Crippen LogP) is 3.84. The summed E-state index contributed by atoms with van der Waals surface area (Å²) >= 11 is 3.33. The minimum absolute atomic E-state index is 0.261. The number of hydrogen-bond donors (Lipinski definition) is 1. The first-order valence-electron chi connectivity index (χ1n) is 8.47. The Balaban J connectivity index is 1.69. The zero-order valence-corrected chi connectivity index (χ0v) is 16.9. The summed E-state index contributed by atoms with van der Waals surface area (Å²) in [5.74, 6) is -0.319. The third kappa shape index (κ3) is 5.26. The van der Waals surface area contributed by atoms with Gasteiger partial charge in [0.1, 0.15) is 5.69 Å². The van der Waals surface area contributed by atoms with Crippen molar-refractivity contribution in [3.05, 3.63) is 88.2 Å². The van der Waals surface area contributed by atoms with Gasteiger partial charge in [0.25, 0.3) is 5.91 Å². The Morgan fingerprint density at radius 2 is 1.86 bits per heavy atom. The quantitative estimate of drug-likeness (QED) is 0.265. The second kappa shape index (κ2) is 9.61. The number of rotatable bonds is 6. The van der Waals surface area contributed by atoms with Gasteiger partial charge in [-0.05, 0) is 64.0 Å². The minimum atomic E-state index is -0.514. The molecule has 1 N–H and O–H groups in total. The van der Waals surface area contributed by atoms with Crippen molar-refractivity contribution in [1.82, 2.24) is 10.4 Å². The highest BCUT2D eigenvalue weighted by atomic mass is 79.9. The molecule has 0 saturated heterocycles. The number of aromatic nitrogens is 1. The molecule has 0 bridgehead atoms. The Kier molecular flexibility index (Phi) is 6.70. The van der Waals surface area contributed by atoms with Gasteiger partial charge in [0.05, 0.1) is 18.9 Å². The fraction of sp³-hybridized carbons (Fsp3) is 0.0476. The average molecular weight is 454 g/mol. The van der Waals surface area contributed by atoms with E-state index in [9.17, 15) is 9.59 Å². The number of nitrogens with one attached hydrogen (secondary N) is 1. The Morgan fingerprint density at radius 3 is 2.59 bits per heavy atom. The highest BCUT2D eigenvalue weighted by Gasteiger charge is 2.15. The molecule has 146 valence electrons. The maximum atomic E-state index is 12.4. The van der Waals surface area contributed by atoms with Gasteiger partial charge in [-0.25, -0.2) is 10.2 Å². The number of methoxy groups -OCH3 is 1. The third-order valence-corrected chi connectivity index (χ3v) is 4.45. The molecular weight excluding hydrogens is 438 g/mol. The number of carbonyl (C=O) groups excluding carboxylic acids is 2. The first-order chi connectivity index (χ1) is 14.1. The zero-order valence-electron chi connectivity index (χ0n) is 15.3. The van der Waals surface area contributed by atoms with Crippen LogP contribution in [0.15, 0.2) is 76.4 Å². The zero-order chi connectivity index (χ0) is 20.6. The second-order valence-corrected chi connectivity index (χ2v) is 6.55. The average Bonchev–Trinajstić information content (AvgIpc) is 2.75. The normalized spacial score (nSPS) is 10.6. The van der Waals surface area contributed by atoms with E-state index in [0.717, 1.165) is 0 Å². The summed E-state index contributed by atoms with van der Waals surface area (Å²) in [7, 11) is 1.47. The summed E-state index contributed by atoms with van der Waals surface area (Å²) in [6, 6.07) is 16.9. The van der Waals surface area contributed by atoms with Crippen molar-refractivity contribution in [3.8, 4) is 11.5 Å². The van der Waals surface area contributed by atoms with Crippen molar-refractivity contribution in [2.24, 2.45) is 5.10 Å².